The Balaban J connectivity index is 1.93. The average molecular weight is 332 g/mol. The molecule has 6 nitrogen and oxygen atoms in total. The maximum Gasteiger partial charge on any atom is 0.316 e. The van der Waals surface area contributed by atoms with Crippen molar-refractivity contribution in [1.29, 1.82) is 0 Å². The van der Waals surface area contributed by atoms with E-state index in [1.807, 2.05) is 34.9 Å². The number of carbonyl (C=O) groups is 1. The summed E-state index contributed by atoms with van der Waals surface area (Å²) >= 11 is 1.35. The molecule has 23 heavy (non-hydrogen) atoms. The Bertz CT molecular complexity index is 653. The molecule has 0 aliphatic carbocycles. The number of thioether (sulfide) groups is 1. The van der Waals surface area contributed by atoms with E-state index in [2.05, 4.69) is 15.1 Å². The summed E-state index contributed by atoms with van der Waals surface area (Å²) in [6, 6.07) is 10.0. The summed E-state index contributed by atoms with van der Waals surface area (Å²) in [5.41, 5.74) is 1.01. The van der Waals surface area contributed by atoms with Crippen LogP contribution in [-0.2, 0) is 9.53 Å². The molecular formula is C16H20N4O2S. The van der Waals surface area contributed by atoms with Crippen LogP contribution in [0.5, 0.6) is 0 Å². The largest absolute Gasteiger partial charge is 0.468 e. The van der Waals surface area contributed by atoms with E-state index in [-0.39, 0.29) is 11.7 Å². The molecule has 0 N–H and O–H groups in total. The molecule has 1 saturated heterocycles. The van der Waals surface area contributed by atoms with Gasteiger partial charge in [0.1, 0.15) is 0 Å². The van der Waals surface area contributed by atoms with Crippen molar-refractivity contribution < 1.29 is 9.53 Å². The Labute approximate surface area is 139 Å². The zero-order valence-corrected chi connectivity index (χ0v) is 14.0. The summed E-state index contributed by atoms with van der Waals surface area (Å²) in [6.07, 6.45) is 3.61. The third-order valence-corrected chi connectivity index (χ3v) is 4.72. The first-order valence-electron chi connectivity index (χ1n) is 7.75. The Hall–Kier alpha value is -2.02. The number of rotatable bonds is 5. The number of anilines is 1. The standard InChI is InChI=1S/C16H20N4O2S/c1-22-14(21)12-23-16-18-17-15(19-10-6-3-7-11-19)20(16)13-8-4-2-5-9-13/h2,4-5,8-9H,3,6-7,10-12H2,1H3. The molecule has 0 unspecified atom stereocenters. The molecule has 1 aromatic carbocycles. The van der Waals surface area contributed by atoms with Gasteiger partial charge in [0.25, 0.3) is 0 Å². The van der Waals surface area contributed by atoms with Crippen molar-refractivity contribution in [3.63, 3.8) is 0 Å². The molecule has 0 bridgehead atoms. The van der Waals surface area contributed by atoms with Crippen LogP contribution in [0.1, 0.15) is 19.3 Å². The SMILES string of the molecule is COC(=O)CSc1nnc(N2CCCCC2)n1-c1ccccc1. The molecule has 3 rings (SSSR count). The minimum absolute atomic E-state index is 0.224. The zero-order valence-electron chi connectivity index (χ0n) is 13.1. The van der Waals surface area contributed by atoms with Gasteiger partial charge in [0.15, 0.2) is 5.16 Å². The highest BCUT2D eigenvalue weighted by Crippen LogP contribution is 2.28. The number of ether oxygens (including phenoxy) is 1. The summed E-state index contributed by atoms with van der Waals surface area (Å²) in [5.74, 6) is 0.807. The van der Waals surface area contributed by atoms with E-state index >= 15 is 0 Å². The van der Waals surface area contributed by atoms with Crippen LogP contribution in [0.2, 0.25) is 0 Å². The van der Waals surface area contributed by atoms with Crippen LogP contribution >= 0.6 is 11.8 Å². The number of methoxy groups -OCH3 is 1. The molecule has 1 aromatic heterocycles. The molecule has 1 aliphatic heterocycles. The highest BCUT2D eigenvalue weighted by Gasteiger charge is 2.21. The molecule has 0 atom stereocenters. The number of esters is 1. The fourth-order valence-corrected chi connectivity index (χ4v) is 3.42. The lowest BCUT2D eigenvalue weighted by atomic mass is 10.1. The topological polar surface area (TPSA) is 60.2 Å². The van der Waals surface area contributed by atoms with E-state index in [1.165, 1.54) is 38.1 Å². The van der Waals surface area contributed by atoms with Crippen LogP contribution in [0.4, 0.5) is 5.95 Å². The molecule has 2 heterocycles. The van der Waals surface area contributed by atoms with Crippen molar-refractivity contribution in [1.82, 2.24) is 14.8 Å². The maximum atomic E-state index is 11.4. The Morgan fingerprint density at radius 3 is 2.61 bits per heavy atom. The lowest BCUT2D eigenvalue weighted by Crippen LogP contribution is -2.31. The maximum absolute atomic E-state index is 11.4. The summed E-state index contributed by atoms with van der Waals surface area (Å²) in [7, 11) is 1.39. The van der Waals surface area contributed by atoms with Crippen molar-refractivity contribution in [3.8, 4) is 5.69 Å². The lowest BCUT2D eigenvalue weighted by molar-refractivity contribution is -0.137. The van der Waals surface area contributed by atoms with Gasteiger partial charge in [-0.15, -0.1) is 10.2 Å². The zero-order chi connectivity index (χ0) is 16.1. The summed E-state index contributed by atoms with van der Waals surface area (Å²) < 4.78 is 6.74. The first-order valence-corrected chi connectivity index (χ1v) is 8.73. The normalized spacial score (nSPS) is 14.7. The smallest absolute Gasteiger partial charge is 0.316 e. The lowest BCUT2D eigenvalue weighted by Gasteiger charge is -2.27. The van der Waals surface area contributed by atoms with E-state index in [0.29, 0.717) is 5.16 Å². The van der Waals surface area contributed by atoms with E-state index in [4.69, 9.17) is 4.74 Å². The Morgan fingerprint density at radius 1 is 1.17 bits per heavy atom. The second kappa shape index (κ2) is 7.50. The van der Waals surface area contributed by atoms with Gasteiger partial charge in [0, 0.05) is 13.1 Å². The van der Waals surface area contributed by atoms with Crippen LogP contribution in [0.25, 0.3) is 5.69 Å². The third-order valence-electron chi connectivity index (χ3n) is 3.82. The van der Waals surface area contributed by atoms with Crippen LogP contribution in [0.15, 0.2) is 35.5 Å². The number of para-hydroxylation sites is 1. The van der Waals surface area contributed by atoms with Gasteiger partial charge in [0.2, 0.25) is 5.95 Å². The first-order chi connectivity index (χ1) is 11.3. The van der Waals surface area contributed by atoms with Crippen molar-refractivity contribution in [3.05, 3.63) is 30.3 Å². The number of piperidine rings is 1. The second-order valence-corrected chi connectivity index (χ2v) is 6.31. The Morgan fingerprint density at radius 2 is 1.91 bits per heavy atom. The number of nitrogens with zero attached hydrogens (tertiary/aromatic N) is 4. The molecule has 2 aromatic rings. The fraction of sp³-hybridized carbons (Fsp3) is 0.438. The number of hydrogen-bond acceptors (Lipinski definition) is 6. The van der Waals surface area contributed by atoms with Gasteiger partial charge in [0.05, 0.1) is 18.6 Å². The molecule has 0 amide bonds. The molecule has 0 spiro atoms. The van der Waals surface area contributed by atoms with Gasteiger partial charge in [-0.25, -0.2) is 0 Å². The number of hydrogen-bond donors (Lipinski definition) is 0. The number of benzene rings is 1. The van der Waals surface area contributed by atoms with Gasteiger partial charge >= 0.3 is 5.97 Å². The van der Waals surface area contributed by atoms with E-state index in [9.17, 15) is 4.79 Å². The summed E-state index contributed by atoms with van der Waals surface area (Å²) in [6.45, 7) is 1.99. The van der Waals surface area contributed by atoms with Crippen molar-refractivity contribution in [2.75, 3.05) is 30.9 Å². The van der Waals surface area contributed by atoms with Gasteiger partial charge in [-0.3, -0.25) is 9.36 Å². The minimum atomic E-state index is -0.267. The van der Waals surface area contributed by atoms with Crippen molar-refractivity contribution in [2.45, 2.75) is 24.4 Å². The predicted octanol–water partition coefficient (Wildman–Crippen LogP) is 2.52. The molecule has 0 saturated carbocycles. The van der Waals surface area contributed by atoms with Crippen molar-refractivity contribution >= 4 is 23.7 Å². The fourth-order valence-electron chi connectivity index (χ4n) is 2.64. The monoisotopic (exact) mass is 332 g/mol. The highest BCUT2D eigenvalue weighted by molar-refractivity contribution is 7.99. The number of aromatic nitrogens is 3. The molecule has 0 radical (unpaired) electrons. The minimum Gasteiger partial charge on any atom is -0.468 e. The van der Waals surface area contributed by atoms with Crippen LogP contribution in [0.3, 0.4) is 0 Å². The van der Waals surface area contributed by atoms with E-state index < -0.39 is 0 Å². The second-order valence-electron chi connectivity index (χ2n) is 5.37. The van der Waals surface area contributed by atoms with Crippen LogP contribution in [-0.4, -0.2) is 46.7 Å². The van der Waals surface area contributed by atoms with Gasteiger partial charge in [-0.2, -0.15) is 0 Å². The third kappa shape index (κ3) is 3.67. The molecular weight excluding hydrogens is 312 g/mol. The number of carbonyl (C=O) groups excluding carboxylic acids is 1. The highest BCUT2D eigenvalue weighted by atomic mass is 32.2. The predicted molar refractivity (Wildman–Crippen MR) is 90.2 cm³/mol. The molecule has 7 heteroatoms. The van der Waals surface area contributed by atoms with Crippen LogP contribution in [0, 0.1) is 0 Å². The van der Waals surface area contributed by atoms with Gasteiger partial charge in [-0.05, 0) is 31.4 Å². The average Bonchev–Trinajstić information content (AvgIpc) is 3.05. The van der Waals surface area contributed by atoms with Gasteiger partial charge in [-0.1, -0.05) is 30.0 Å². The van der Waals surface area contributed by atoms with E-state index in [0.717, 1.165) is 24.7 Å². The summed E-state index contributed by atoms with van der Waals surface area (Å²) in [5, 5.41) is 9.40. The molecule has 122 valence electrons. The van der Waals surface area contributed by atoms with Crippen LogP contribution < -0.4 is 4.90 Å². The van der Waals surface area contributed by atoms with Crippen molar-refractivity contribution in [2.24, 2.45) is 0 Å². The Kier molecular flexibility index (Phi) is 5.17. The van der Waals surface area contributed by atoms with Gasteiger partial charge < -0.3 is 9.64 Å². The molecule has 1 aliphatic rings. The van der Waals surface area contributed by atoms with E-state index in [1.54, 1.807) is 0 Å². The first kappa shape index (κ1) is 15.9. The quantitative estimate of drug-likeness (QED) is 0.619. The summed E-state index contributed by atoms with van der Waals surface area (Å²) in [4.78, 5) is 13.7. The molecule has 1 fully saturated rings.